The van der Waals surface area contributed by atoms with Gasteiger partial charge in [-0.25, -0.2) is 0 Å². The lowest BCUT2D eigenvalue weighted by Crippen LogP contribution is -2.41. The number of alkyl halides is 8. The van der Waals surface area contributed by atoms with Crippen LogP contribution in [0.15, 0.2) is 0 Å². The van der Waals surface area contributed by atoms with Gasteiger partial charge in [0.15, 0.2) is 0 Å². The lowest BCUT2D eigenvalue weighted by Gasteiger charge is -2.23. The molecule has 0 radical (unpaired) electrons. The second kappa shape index (κ2) is 4.24. The standard InChI is InChI=1S/C3Br2ClF5O3S/c4-1(5,6)2(7,8)14-15(12,13)3(9,10)11. The van der Waals surface area contributed by atoms with Crippen molar-refractivity contribution < 1.29 is 34.6 Å². The van der Waals surface area contributed by atoms with Crippen LogP contribution in [-0.2, 0) is 14.3 Å². The van der Waals surface area contributed by atoms with E-state index in [1.807, 2.05) is 31.9 Å². The molecule has 0 atom stereocenters. The first kappa shape index (κ1) is 15.8. The third-order valence-electron chi connectivity index (χ3n) is 0.828. The normalized spacial score (nSPS) is 15.5. The van der Waals surface area contributed by atoms with E-state index in [2.05, 4.69) is 4.18 Å². The topological polar surface area (TPSA) is 43.4 Å². The Morgan fingerprint density at radius 1 is 1.07 bits per heavy atom. The molecule has 0 saturated heterocycles. The van der Waals surface area contributed by atoms with Crippen molar-refractivity contribution in [3.8, 4) is 0 Å². The molecule has 0 unspecified atom stereocenters. The van der Waals surface area contributed by atoms with Crippen molar-refractivity contribution in [1.82, 2.24) is 0 Å². The molecule has 0 saturated carbocycles. The second-order valence-corrected chi connectivity index (χ2v) is 8.46. The van der Waals surface area contributed by atoms with Gasteiger partial charge >= 0.3 is 21.7 Å². The minimum absolute atomic E-state index is 1.99. The Bertz CT molecular complexity index is 332. The van der Waals surface area contributed by atoms with Gasteiger partial charge in [0.25, 0.3) is 0 Å². The summed E-state index contributed by atoms with van der Waals surface area (Å²) in [4.78, 5) is 0. The molecule has 0 aromatic carbocycles. The van der Waals surface area contributed by atoms with E-state index in [9.17, 15) is 30.4 Å². The van der Waals surface area contributed by atoms with Crippen LogP contribution in [0.5, 0.6) is 0 Å². The molecule has 0 amide bonds. The Balaban J connectivity index is 5.08. The first-order valence-electron chi connectivity index (χ1n) is 2.67. The Morgan fingerprint density at radius 3 is 1.60 bits per heavy atom. The van der Waals surface area contributed by atoms with Crippen molar-refractivity contribution in [1.29, 1.82) is 0 Å². The van der Waals surface area contributed by atoms with Gasteiger partial charge in [0.1, 0.15) is 0 Å². The monoisotopic (exact) mass is 404 g/mol. The van der Waals surface area contributed by atoms with Crippen LogP contribution in [-0.4, -0.2) is 22.7 Å². The Morgan fingerprint density at radius 2 is 1.40 bits per heavy atom. The van der Waals surface area contributed by atoms with Gasteiger partial charge in [0.05, 0.1) is 0 Å². The van der Waals surface area contributed by atoms with Crippen molar-refractivity contribution in [3.05, 3.63) is 0 Å². The Hall–Kier alpha value is 0.810. The van der Waals surface area contributed by atoms with E-state index in [1.54, 1.807) is 0 Å². The van der Waals surface area contributed by atoms with Crippen LogP contribution in [0, 0.1) is 0 Å². The van der Waals surface area contributed by atoms with Crippen LogP contribution in [0.25, 0.3) is 0 Å². The summed E-state index contributed by atoms with van der Waals surface area (Å²) in [6, 6.07) is 0. The first-order valence-corrected chi connectivity index (χ1v) is 6.04. The van der Waals surface area contributed by atoms with E-state index in [0.29, 0.717) is 0 Å². The molecule has 0 aromatic rings. The Kier molecular flexibility index (Phi) is 4.47. The minimum Gasteiger partial charge on any atom is -0.190 e. The summed E-state index contributed by atoms with van der Waals surface area (Å²) in [6.07, 6.45) is -4.83. The summed E-state index contributed by atoms with van der Waals surface area (Å²) in [5.41, 5.74) is -5.96. The summed E-state index contributed by atoms with van der Waals surface area (Å²) < 4.78 is 80.2. The van der Waals surface area contributed by atoms with E-state index in [4.69, 9.17) is 11.6 Å². The fourth-order valence-corrected chi connectivity index (χ4v) is 1.19. The van der Waals surface area contributed by atoms with Gasteiger partial charge in [-0.2, -0.15) is 34.6 Å². The van der Waals surface area contributed by atoms with Crippen LogP contribution >= 0.6 is 43.5 Å². The van der Waals surface area contributed by atoms with Crippen LogP contribution in [0.4, 0.5) is 22.0 Å². The molecule has 0 heterocycles. The predicted octanol–water partition coefficient (Wildman–Crippen LogP) is 3.13. The van der Waals surface area contributed by atoms with Crippen molar-refractivity contribution in [2.45, 2.75) is 14.3 Å². The number of hydrogen-bond donors (Lipinski definition) is 0. The number of hydrogen-bond acceptors (Lipinski definition) is 3. The molecule has 0 spiro atoms. The first-order chi connectivity index (χ1) is 6.21. The molecule has 0 fully saturated rings. The predicted molar refractivity (Wildman–Crippen MR) is 47.4 cm³/mol. The molecule has 0 N–H and O–H groups in total. The molecule has 3 nitrogen and oxygen atoms in total. The van der Waals surface area contributed by atoms with Crippen LogP contribution in [0.3, 0.4) is 0 Å². The van der Waals surface area contributed by atoms with Gasteiger partial charge in [0.2, 0.25) is 2.69 Å². The second-order valence-electron chi connectivity index (χ2n) is 2.00. The lowest BCUT2D eigenvalue weighted by atomic mass is 10.7. The molecule has 0 aliphatic rings. The van der Waals surface area contributed by atoms with E-state index in [0.717, 1.165) is 0 Å². The highest BCUT2D eigenvalue weighted by atomic mass is 79.9. The fraction of sp³-hybridized carbons (Fsp3) is 1.00. The summed E-state index contributed by atoms with van der Waals surface area (Å²) in [5.74, 6) is 0. The largest absolute Gasteiger partial charge is 0.523 e. The zero-order valence-electron chi connectivity index (χ0n) is 6.16. The van der Waals surface area contributed by atoms with E-state index < -0.39 is 24.4 Å². The molecule has 0 aliphatic heterocycles. The van der Waals surface area contributed by atoms with E-state index >= 15 is 0 Å². The SMILES string of the molecule is O=S(=O)(OC(F)(F)C(Cl)(Br)Br)C(F)(F)F. The van der Waals surface area contributed by atoms with Gasteiger partial charge in [-0.05, 0) is 31.9 Å². The maximum Gasteiger partial charge on any atom is 0.523 e. The molecular formula is C3Br2ClF5O3S. The minimum atomic E-state index is -6.43. The van der Waals surface area contributed by atoms with Crippen LogP contribution in [0.1, 0.15) is 0 Å². The smallest absolute Gasteiger partial charge is 0.190 e. The zero-order chi connectivity index (χ0) is 12.7. The summed E-state index contributed by atoms with van der Waals surface area (Å²) in [6.45, 7) is 0. The van der Waals surface area contributed by atoms with Gasteiger partial charge in [0, 0.05) is 0 Å². The number of rotatable bonds is 3. The van der Waals surface area contributed by atoms with Gasteiger partial charge < -0.3 is 0 Å². The summed E-state index contributed by atoms with van der Waals surface area (Å²) in [5, 5.41) is 0. The van der Waals surface area contributed by atoms with Gasteiger partial charge in [-0.1, -0.05) is 11.6 Å². The van der Waals surface area contributed by atoms with Gasteiger partial charge in [-0.3, -0.25) is 0 Å². The molecule has 15 heavy (non-hydrogen) atoms. The molecule has 0 aromatic heterocycles. The third-order valence-corrected chi connectivity index (χ3v) is 2.97. The molecule has 0 bridgehead atoms. The highest BCUT2D eigenvalue weighted by Crippen LogP contribution is 2.48. The molecular weight excluding hydrogens is 406 g/mol. The van der Waals surface area contributed by atoms with Crippen molar-refractivity contribution in [2.75, 3.05) is 0 Å². The number of halogens is 8. The van der Waals surface area contributed by atoms with E-state index in [-0.39, 0.29) is 0 Å². The summed E-state index contributed by atoms with van der Waals surface area (Å²) in [7, 11) is -6.43. The fourth-order valence-electron chi connectivity index (χ4n) is 0.232. The quantitative estimate of drug-likeness (QED) is 0.313. The van der Waals surface area contributed by atoms with E-state index in [1.165, 1.54) is 0 Å². The average Bonchev–Trinajstić information content (AvgIpc) is 1.77. The molecule has 0 aliphatic carbocycles. The van der Waals surface area contributed by atoms with Crippen LogP contribution in [0.2, 0.25) is 0 Å². The molecule has 92 valence electrons. The lowest BCUT2D eigenvalue weighted by molar-refractivity contribution is -0.174. The molecule has 0 rings (SSSR count). The highest BCUT2D eigenvalue weighted by molar-refractivity contribution is 9.26. The maximum atomic E-state index is 12.6. The van der Waals surface area contributed by atoms with Crippen molar-refractivity contribution in [2.24, 2.45) is 0 Å². The van der Waals surface area contributed by atoms with Crippen molar-refractivity contribution >= 4 is 53.6 Å². The van der Waals surface area contributed by atoms with Crippen molar-refractivity contribution in [3.63, 3.8) is 0 Å². The third kappa shape index (κ3) is 3.95. The van der Waals surface area contributed by atoms with Gasteiger partial charge in [-0.15, -0.1) is 0 Å². The van der Waals surface area contributed by atoms with Crippen LogP contribution < -0.4 is 0 Å². The Labute approximate surface area is 102 Å². The summed E-state index contributed by atoms with van der Waals surface area (Å²) >= 11 is 8.80. The average molecular weight is 406 g/mol. The zero-order valence-corrected chi connectivity index (χ0v) is 10.9. The molecule has 12 heteroatoms. The highest BCUT2D eigenvalue weighted by Gasteiger charge is 2.60. The maximum absolute atomic E-state index is 12.6.